The van der Waals surface area contributed by atoms with Crippen molar-refractivity contribution in [3.8, 4) is 0 Å². The van der Waals surface area contributed by atoms with Crippen LogP contribution in [0, 0.1) is 5.82 Å². The predicted octanol–water partition coefficient (Wildman–Crippen LogP) is 3.04. The Morgan fingerprint density at radius 2 is 2.15 bits per heavy atom. The minimum Gasteiger partial charge on any atom is -0.325 e. The molecule has 2 heterocycles. The van der Waals surface area contributed by atoms with Crippen LogP contribution < -0.4 is 0 Å². The van der Waals surface area contributed by atoms with Gasteiger partial charge in [-0.3, -0.25) is 4.21 Å². The molecule has 0 spiro atoms. The number of benzene rings is 1. The number of hydrogen-bond acceptors (Lipinski definition) is 2. The van der Waals surface area contributed by atoms with Gasteiger partial charge in [0.15, 0.2) is 0 Å². The smallest absolute Gasteiger partial charge is 0.125 e. The quantitative estimate of drug-likeness (QED) is 0.816. The van der Waals surface area contributed by atoms with E-state index in [1.54, 1.807) is 6.07 Å². The second-order valence-electron chi connectivity index (χ2n) is 5.05. The van der Waals surface area contributed by atoms with Crippen LogP contribution in [0.3, 0.4) is 0 Å². The summed E-state index contributed by atoms with van der Waals surface area (Å²) in [5.74, 6) is 2.57. The lowest BCUT2D eigenvalue weighted by Crippen LogP contribution is -2.23. The maximum atomic E-state index is 13.3. The van der Waals surface area contributed by atoms with E-state index in [0.29, 0.717) is 23.9 Å². The molecule has 0 amide bonds. The second kappa shape index (κ2) is 5.82. The highest BCUT2D eigenvalue weighted by Crippen LogP contribution is 2.29. The van der Waals surface area contributed by atoms with Crippen molar-refractivity contribution in [2.45, 2.75) is 25.3 Å². The van der Waals surface area contributed by atoms with E-state index >= 15 is 0 Å². The highest BCUT2D eigenvalue weighted by molar-refractivity contribution is 7.85. The van der Waals surface area contributed by atoms with Crippen LogP contribution in [0.25, 0.3) is 11.0 Å². The molecule has 3 rings (SSSR count). The SMILES string of the molecule is O=S1CCC(n2c(CCCl)nc3cc(F)ccc32)CC1. The van der Waals surface area contributed by atoms with Crippen molar-refractivity contribution in [3.05, 3.63) is 29.8 Å². The fourth-order valence-electron chi connectivity index (χ4n) is 2.83. The maximum Gasteiger partial charge on any atom is 0.125 e. The zero-order chi connectivity index (χ0) is 14.1. The molecule has 0 unspecified atom stereocenters. The molecule has 0 saturated carbocycles. The molecular weight excluding hydrogens is 299 g/mol. The van der Waals surface area contributed by atoms with Gasteiger partial charge in [-0.2, -0.15) is 0 Å². The molecule has 0 bridgehead atoms. The van der Waals surface area contributed by atoms with E-state index in [1.807, 2.05) is 0 Å². The van der Waals surface area contributed by atoms with Gasteiger partial charge in [0.1, 0.15) is 11.6 Å². The number of alkyl halides is 1. The van der Waals surface area contributed by atoms with Gasteiger partial charge in [0.05, 0.1) is 11.0 Å². The number of imidazole rings is 1. The Kier molecular flexibility index (Phi) is 4.08. The molecule has 1 aliphatic rings. The Labute approximate surface area is 124 Å². The van der Waals surface area contributed by atoms with Crippen molar-refractivity contribution in [2.75, 3.05) is 17.4 Å². The number of fused-ring (bicyclic) bond motifs is 1. The topological polar surface area (TPSA) is 34.9 Å². The van der Waals surface area contributed by atoms with Gasteiger partial charge < -0.3 is 4.57 Å². The summed E-state index contributed by atoms with van der Waals surface area (Å²) in [4.78, 5) is 4.52. The summed E-state index contributed by atoms with van der Waals surface area (Å²) in [6, 6.07) is 5.00. The third kappa shape index (κ3) is 2.61. The minimum absolute atomic E-state index is 0.274. The van der Waals surface area contributed by atoms with E-state index in [4.69, 9.17) is 11.6 Å². The van der Waals surface area contributed by atoms with Crippen LogP contribution in [0.15, 0.2) is 18.2 Å². The van der Waals surface area contributed by atoms with Gasteiger partial charge in [-0.05, 0) is 25.0 Å². The molecule has 2 aromatic rings. The number of aromatic nitrogens is 2. The van der Waals surface area contributed by atoms with Crippen LogP contribution in [0.1, 0.15) is 24.7 Å². The van der Waals surface area contributed by atoms with Crippen LogP contribution in [0.5, 0.6) is 0 Å². The van der Waals surface area contributed by atoms with Crippen LogP contribution in [-0.4, -0.2) is 31.1 Å². The maximum absolute atomic E-state index is 13.3. The normalized spacial score (nSPS) is 23.3. The standard InChI is InChI=1S/C14H16ClFN2OS/c15-6-3-14-17-12-9-10(16)1-2-13(12)18(14)11-4-7-20(19)8-5-11/h1-2,9,11H,3-8H2. The average Bonchev–Trinajstić information content (AvgIpc) is 2.77. The Hall–Kier alpha value is -0.940. The fraction of sp³-hybridized carbons (Fsp3) is 0.500. The molecular formula is C14H16ClFN2OS. The van der Waals surface area contributed by atoms with Crippen molar-refractivity contribution in [1.82, 2.24) is 9.55 Å². The molecule has 6 heteroatoms. The Balaban J connectivity index is 2.06. The summed E-state index contributed by atoms with van der Waals surface area (Å²) in [5, 5.41) is 0. The lowest BCUT2D eigenvalue weighted by molar-refractivity contribution is 0.459. The predicted molar refractivity (Wildman–Crippen MR) is 80.3 cm³/mol. The molecule has 0 radical (unpaired) electrons. The van der Waals surface area contributed by atoms with Gasteiger partial charge in [-0.15, -0.1) is 11.6 Å². The second-order valence-corrected chi connectivity index (χ2v) is 7.12. The van der Waals surface area contributed by atoms with Crippen LogP contribution in [0.2, 0.25) is 0 Å². The molecule has 20 heavy (non-hydrogen) atoms. The lowest BCUT2D eigenvalue weighted by Gasteiger charge is -2.25. The number of nitrogens with zero attached hydrogens (tertiary/aromatic N) is 2. The van der Waals surface area contributed by atoms with Crippen LogP contribution >= 0.6 is 11.6 Å². The highest BCUT2D eigenvalue weighted by Gasteiger charge is 2.23. The van der Waals surface area contributed by atoms with Crippen molar-refractivity contribution in [2.24, 2.45) is 0 Å². The highest BCUT2D eigenvalue weighted by atomic mass is 35.5. The summed E-state index contributed by atoms with van der Waals surface area (Å²) in [7, 11) is -0.690. The molecule has 1 fully saturated rings. The van der Waals surface area contributed by atoms with E-state index in [9.17, 15) is 8.60 Å². The first-order valence-electron chi connectivity index (χ1n) is 6.76. The van der Waals surface area contributed by atoms with Crippen LogP contribution in [-0.2, 0) is 17.2 Å². The van der Waals surface area contributed by atoms with Gasteiger partial charge >= 0.3 is 0 Å². The molecule has 1 saturated heterocycles. The third-order valence-electron chi connectivity index (χ3n) is 3.77. The Morgan fingerprint density at radius 3 is 2.85 bits per heavy atom. The van der Waals surface area contributed by atoms with E-state index in [-0.39, 0.29) is 5.82 Å². The van der Waals surface area contributed by atoms with E-state index in [2.05, 4.69) is 9.55 Å². The summed E-state index contributed by atoms with van der Waals surface area (Å²) >= 11 is 5.85. The number of aryl methyl sites for hydroxylation is 1. The first kappa shape index (κ1) is 14.0. The zero-order valence-electron chi connectivity index (χ0n) is 11.0. The number of halogens is 2. The van der Waals surface area contributed by atoms with Crippen molar-refractivity contribution >= 4 is 33.4 Å². The van der Waals surface area contributed by atoms with Gasteiger partial charge in [0, 0.05) is 46.7 Å². The third-order valence-corrected chi connectivity index (χ3v) is 5.34. The summed E-state index contributed by atoms with van der Waals surface area (Å²) in [6.45, 7) is 0. The van der Waals surface area contributed by atoms with E-state index < -0.39 is 10.8 Å². The van der Waals surface area contributed by atoms with Crippen molar-refractivity contribution < 1.29 is 8.60 Å². The van der Waals surface area contributed by atoms with Gasteiger partial charge in [-0.1, -0.05) is 0 Å². The summed E-state index contributed by atoms with van der Waals surface area (Å²) in [6.07, 6.45) is 2.42. The average molecular weight is 315 g/mol. The Bertz CT molecular complexity index is 648. The fourth-order valence-corrected chi connectivity index (χ4v) is 4.27. The molecule has 0 atom stereocenters. The first-order valence-corrected chi connectivity index (χ1v) is 8.78. The lowest BCUT2D eigenvalue weighted by atomic mass is 10.1. The van der Waals surface area contributed by atoms with Crippen molar-refractivity contribution in [3.63, 3.8) is 0 Å². The summed E-state index contributed by atoms with van der Waals surface area (Å²) < 4.78 is 27.0. The van der Waals surface area contributed by atoms with E-state index in [0.717, 1.165) is 35.7 Å². The molecule has 1 aromatic heterocycles. The molecule has 108 valence electrons. The molecule has 1 aromatic carbocycles. The number of rotatable bonds is 3. The van der Waals surface area contributed by atoms with Gasteiger partial charge in [0.2, 0.25) is 0 Å². The molecule has 0 aliphatic carbocycles. The zero-order valence-corrected chi connectivity index (χ0v) is 12.6. The minimum atomic E-state index is -0.690. The summed E-state index contributed by atoms with van der Waals surface area (Å²) in [5.41, 5.74) is 1.63. The molecule has 3 nitrogen and oxygen atoms in total. The largest absolute Gasteiger partial charge is 0.325 e. The van der Waals surface area contributed by atoms with Crippen LogP contribution in [0.4, 0.5) is 4.39 Å². The first-order chi connectivity index (χ1) is 9.69. The van der Waals surface area contributed by atoms with Gasteiger partial charge in [-0.25, -0.2) is 9.37 Å². The molecule has 1 aliphatic heterocycles. The molecule has 0 N–H and O–H groups in total. The Morgan fingerprint density at radius 1 is 1.40 bits per heavy atom. The number of hydrogen-bond donors (Lipinski definition) is 0. The van der Waals surface area contributed by atoms with E-state index in [1.165, 1.54) is 12.1 Å². The van der Waals surface area contributed by atoms with Crippen molar-refractivity contribution in [1.29, 1.82) is 0 Å². The van der Waals surface area contributed by atoms with Gasteiger partial charge in [0.25, 0.3) is 0 Å². The monoisotopic (exact) mass is 314 g/mol.